The maximum Gasteiger partial charge on any atom is 0.330 e. The molecule has 2 aliphatic rings. The predicted octanol–water partition coefficient (Wildman–Crippen LogP) is 3.96. The molecule has 2 aliphatic carbocycles. The molecule has 2 nitrogen and oxygen atoms in total. The Labute approximate surface area is 111 Å². The van der Waals surface area contributed by atoms with Crippen molar-refractivity contribution in [3.8, 4) is 0 Å². The molecule has 2 saturated carbocycles. The zero-order valence-corrected chi connectivity index (χ0v) is 11.9. The van der Waals surface area contributed by atoms with Gasteiger partial charge in [0.2, 0.25) is 0 Å². The molecule has 0 aromatic heterocycles. The van der Waals surface area contributed by atoms with Gasteiger partial charge in [0.05, 0.1) is 6.61 Å². The van der Waals surface area contributed by atoms with Crippen LogP contribution in [-0.2, 0) is 9.53 Å². The molecule has 0 radical (unpaired) electrons. The number of carbonyl (C=O) groups excluding carboxylic acids is 1. The quantitative estimate of drug-likeness (QED) is 0.560. The van der Waals surface area contributed by atoms with E-state index in [1.165, 1.54) is 37.7 Å². The second-order valence-corrected chi connectivity index (χ2v) is 6.08. The Bertz CT molecular complexity index is 330. The van der Waals surface area contributed by atoms with E-state index in [4.69, 9.17) is 4.74 Å². The summed E-state index contributed by atoms with van der Waals surface area (Å²) < 4.78 is 5.07. The molecule has 0 spiro atoms. The maximum atomic E-state index is 11.7. The monoisotopic (exact) mass is 250 g/mol. The summed E-state index contributed by atoms with van der Waals surface area (Å²) in [7, 11) is 0. The van der Waals surface area contributed by atoms with E-state index >= 15 is 0 Å². The third-order valence-electron chi connectivity index (χ3n) is 4.78. The van der Waals surface area contributed by atoms with Crippen LogP contribution in [0, 0.1) is 23.7 Å². The zero-order chi connectivity index (χ0) is 13.1. The van der Waals surface area contributed by atoms with Crippen molar-refractivity contribution in [3.05, 3.63) is 11.6 Å². The lowest BCUT2D eigenvalue weighted by molar-refractivity contribution is -0.137. The van der Waals surface area contributed by atoms with Crippen molar-refractivity contribution in [2.45, 2.75) is 52.9 Å². The van der Waals surface area contributed by atoms with E-state index < -0.39 is 0 Å². The van der Waals surface area contributed by atoms with E-state index in [-0.39, 0.29) is 5.97 Å². The summed E-state index contributed by atoms with van der Waals surface area (Å²) in [6.45, 7) is 6.91. The summed E-state index contributed by atoms with van der Waals surface area (Å²) in [5.74, 6) is 2.82. The summed E-state index contributed by atoms with van der Waals surface area (Å²) in [5.41, 5.74) is 1.36. The van der Waals surface area contributed by atoms with Crippen LogP contribution in [0.25, 0.3) is 0 Å². The number of esters is 1. The van der Waals surface area contributed by atoms with Gasteiger partial charge in [-0.25, -0.2) is 4.79 Å². The lowest BCUT2D eigenvalue weighted by Crippen LogP contribution is -2.32. The van der Waals surface area contributed by atoms with Crippen molar-refractivity contribution < 1.29 is 9.53 Å². The Morgan fingerprint density at radius 3 is 2.72 bits per heavy atom. The standard InChI is InChI=1S/C16H26O2/c1-4-12-7-13-6-11(3)15(14(8-12)9-13)10-16(17)18-5-2/h10-14H,4-9H2,1-3H3/b15-10+. The smallest absolute Gasteiger partial charge is 0.330 e. The number of hydrogen-bond acceptors (Lipinski definition) is 2. The topological polar surface area (TPSA) is 26.3 Å². The molecule has 2 fully saturated rings. The van der Waals surface area contributed by atoms with Gasteiger partial charge < -0.3 is 4.74 Å². The fourth-order valence-electron chi connectivity index (χ4n) is 3.98. The SMILES string of the molecule is CCOC(=O)/C=C1\C(C)CC2CC(CC)CC1C2. The van der Waals surface area contributed by atoms with Crippen LogP contribution >= 0.6 is 0 Å². The lowest BCUT2D eigenvalue weighted by atomic mass is 9.62. The highest BCUT2D eigenvalue weighted by Gasteiger charge is 2.37. The summed E-state index contributed by atoms with van der Waals surface area (Å²) in [5, 5.41) is 0. The van der Waals surface area contributed by atoms with Crippen LogP contribution in [0.2, 0.25) is 0 Å². The van der Waals surface area contributed by atoms with Crippen molar-refractivity contribution in [2.24, 2.45) is 23.7 Å². The molecule has 0 aliphatic heterocycles. The molecule has 102 valence electrons. The first-order chi connectivity index (χ1) is 8.63. The van der Waals surface area contributed by atoms with Gasteiger partial charge in [-0.05, 0) is 56.3 Å². The lowest BCUT2D eigenvalue weighted by Gasteiger charge is -2.43. The molecule has 4 unspecified atom stereocenters. The van der Waals surface area contributed by atoms with Crippen LogP contribution in [0.4, 0.5) is 0 Å². The zero-order valence-electron chi connectivity index (χ0n) is 11.9. The van der Waals surface area contributed by atoms with Crippen LogP contribution in [0.5, 0.6) is 0 Å². The molecule has 0 aromatic rings. The minimum Gasteiger partial charge on any atom is -0.463 e. The maximum absolute atomic E-state index is 11.7. The van der Waals surface area contributed by atoms with Gasteiger partial charge in [0.1, 0.15) is 0 Å². The summed E-state index contributed by atoms with van der Waals surface area (Å²) in [4.78, 5) is 11.7. The Morgan fingerprint density at radius 1 is 1.28 bits per heavy atom. The third-order valence-corrected chi connectivity index (χ3v) is 4.78. The van der Waals surface area contributed by atoms with E-state index in [0.29, 0.717) is 18.4 Å². The normalized spacial score (nSPS) is 37.6. The largest absolute Gasteiger partial charge is 0.463 e. The average molecular weight is 250 g/mol. The number of fused-ring (bicyclic) bond motifs is 2. The van der Waals surface area contributed by atoms with Crippen molar-refractivity contribution in [1.29, 1.82) is 0 Å². The first kappa shape index (κ1) is 13.6. The molecule has 18 heavy (non-hydrogen) atoms. The summed E-state index contributed by atoms with van der Waals surface area (Å²) >= 11 is 0. The molecular weight excluding hydrogens is 224 g/mol. The molecule has 2 bridgehead atoms. The van der Waals surface area contributed by atoms with E-state index in [9.17, 15) is 4.79 Å². The highest BCUT2D eigenvalue weighted by atomic mass is 16.5. The number of carbonyl (C=O) groups is 1. The van der Waals surface area contributed by atoms with Gasteiger partial charge in [-0.3, -0.25) is 0 Å². The minimum absolute atomic E-state index is 0.142. The third kappa shape index (κ3) is 2.96. The first-order valence-corrected chi connectivity index (χ1v) is 7.52. The van der Waals surface area contributed by atoms with Crippen molar-refractivity contribution in [3.63, 3.8) is 0 Å². The number of hydrogen-bond donors (Lipinski definition) is 0. The average Bonchev–Trinajstić information content (AvgIpc) is 2.34. The van der Waals surface area contributed by atoms with Crippen molar-refractivity contribution >= 4 is 5.97 Å². The van der Waals surface area contributed by atoms with E-state index in [1.807, 2.05) is 6.92 Å². The van der Waals surface area contributed by atoms with Gasteiger partial charge in [-0.15, -0.1) is 0 Å². The van der Waals surface area contributed by atoms with Crippen LogP contribution in [-0.4, -0.2) is 12.6 Å². The molecule has 0 heterocycles. The second-order valence-electron chi connectivity index (χ2n) is 6.08. The highest BCUT2D eigenvalue weighted by molar-refractivity contribution is 5.83. The first-order valence-electron chi connectivity index (χ1n) is 7.52. The van der Waals surface area contributed by atoms with Gasteiger partial charge in [-0.1, -0.05) is 25.8 Å². The second kappa shape index (κ2) is 5.90. The molecular formula is C16H26O2. The van der Waals surface area contributed by atoms with Crippen LogP contribution < -0.4 is 0 Å². The Kier molecular flexibility index (Phi) is 4.47. The van der Waals surface area contributed by atoms with Crippen molar-refractivity contribution in [2.75, 3.05) is 6.61 Å². The predicted molar refractivity (Wildman–Crippen MR) is 73.1 cm³/mol. The van der Waals surface area contributed by atoms with Crippen molar-refractivity contribution in [1.82, 2.24) is 0 Å². The Hall–Kier alpha value is -0.790. The van der Waals surface area contributed by atoms with Gasteiger partial charge in [-0.2, -0.15) is 0 Å². The molecule has 2 heteroatoms. The fraction of sp³-hybridized carbons (Fsp3) is 0.812. The molecule has 2 rings (SSSR count). The molecule has 0 amide bonds. The van der Waals surface area contributed by atoms with Gasteiger partial charge in [0.25, 0.3) is 0 Å². The molecule has 0 saturated heterocycles. The molecule has 0 N–H and O–H groups in total. The molecule has 0 aromatic carbocycles. The number of allylic oxidation sites excluding steroid dienone is 1. The van der Waals surface area contributed by atoms with Crippen LogP contribution in [0.1, 0.15) is 52.9 Å². The Morgan fingerprint density at radius 2 is 2.06 bits per heavy atom. The summed E-state index contributed by atoms with van der Waals surface area (Å²) in [6, 6.07) is 0. The highest BCUT2D eigenvalue weighted by Crippen LogP contribution is 2.48. The van der Waals surface area contributed by atoms with Crippen LogP contribution in [0.3, 0.4) is 0 Å². The van der Waals surface area contributed by atoms with Gasteiger partial charge in [0, 0.05) is 6.08 Å². The van der Waals surface area contributed by atoms with Gasteiger partial charge in [0.15, 0.2) is 0 Å². The van der Waals surface area contributed by atoms with Crippen LogP contribution in [0.15, 0.2) is 11.6 Å². The molecule has 4 atom stereocenters. The fourth-order valence-corrected chi connectivity index (χ4v) is 3.98. The van der Waals surface area contributed by atoms with E-state index in [1.54, 1.807) is 6.08 Å². The van der Waals surface area contributed by atoms with Gasteiger partial charge >= 0.3 is 5.97 Å². The number of ether oxygens (including phenoxy) is 1. The minimum atomic E-state index is -0.142. The van der Waals surface area contributed by atoms with E-state index in [2.05, 4.69) is 13.8 Å². The Balaban J connectivity index is 2.11. The number of rotatable bonds is 3. The summed E-state index contributed by atoms with van der Waals surface area (Å²) in [6.07, 6.45) is 8.33. The van der Waals surface area contributed by atoms with E-state index in [0.717, 1.165) is 11.8 Å².